The van der Waals surface area contributed by atoms with Crippen molar-refractivity contribution in [3.8, 4) is 5.75 Å². The summed E-state index contributed by atoms with van der Waals surface area (Å²) in [7, 11) is 1.58. The number of methoxy groups -OCH3 is 1. The van der Waals surface area contributed by atoms with Crippen LogP contribution in [0.1, 0.15) is 42.2 Å². The fourth-order valence-electron chi connectivity index (χ4n) is 2.88. The average Bonchev–Trinajstić information content (AvgIpc) is 3.14. The zero-order valence-electron chi connectivity index (χ0n) is 16.1. The second-order valence-corrected chi connectivity index (χ2v) is 6.68. The van der Waals surface area contributed by atoms with Crippen LogP contribution in [0.3, 0.4) is 0 Å². The molecule has 0 aliphatic heterocycles. The number of imidazole rings is 1. The first-order chi connectivity index (χ1) is 13.5. The molecule has 28 heavy (non-hydrogen) atoms. The Morgan fingerprint density at radius 1 is 1.14 bits per heavy atom. The largest absolute Gasteiger partial charge is 0.497 e. The average molecular weight is 381 g/mol. The summed E-state index contributed by atoms with van der Waals surface area (Å²) in [6.07, 6.45) is 1.39. The topological polar surface area (TPSA) is 93.3 Å². The lowest BCUT2D eigenvalue weighted by atomic mass is 10.0. The highest BCUT2D eigenvalue weighted by molar-refractivity contribution is 5.97. The summed E-state index contributed by atoms with van der Waals surface area (Å²) in [5.41, 5.74) is 2.82. The SMILES string of the molecule is COc1ccc([C@H](CC(=O)OC(C)C)NC(=O)c2ccc3nc[nH]c3c2)cc1. The number of amides is 1. The Bertz CT molecular complexity index is 963. The second kappa shape index (κ2) is 8.56. The summed E-state index contributed by atoms with van der Waals surface area (Å²) in [6, 6.07) is 11.9. The third-order valence-corrected chi connectivity index (χ3v) is 4.24. The van der Waals surface area contributed by atoms with Crippen molar-refractivity contribution in [3.63, 3.8) is 0 Å². The first kappa shape index (κ1) is 19.4. The van der Waals surface area contributed by atoms with Gasteiger partial charge in [0.05, 0.1) is 43.0 Å². The van der Waals surface area contributed by atoms with Gasteiger partial charge in [-0.15, -0.1) is 0 Å². The van der Waals surface area contributed by atoms with E-state index in [1.54, 1.807) is 57.6 Å². The Balaban J connectivity index is 1.81. The second-order valence-electron chi connectivity index (χ2n) is 6.68. The molecule has 3 aromatic rings. The Kier molecular flexibility index (Phi) is 5.93. The van der Waals surface area contributed by atoms with Crippen LogP contribution in [0.2, 0.25) is 0 Å². The van der Waals surface area contributed by atoms with Gasteiger partial charge >= 0.3 is 5.97 Å². The van der Waals surface area contributed by atoms with E-state index in [9.17, 15) is 9.59 Å². The van der Waals surface area contributed by atoms with Crippen LogP contribution in [0.5, 0.6) is 5.75 Å². The molecule has 2 N–H and O–H groups in total. The van der Waals surface area contributed by atoms with E-state index in [2.05, 4.69) is 15.3 Å². The summed E-state index contributed by atoms with van der Waals surface area (Å²) in [5.74, 6) is 0.0399. The molecule has 0 radical (unpaired) electrons. The van der Waals surface area contributed by atoms with Gasteiger partial charge in [-0.1, -0.05) is 12.1 Å². The number of fused-ring (bicyclic) bond motifs is 1. The van der Waals surface area contributed by atoms with E-state index in [1.165, 1.54) is 0 Å². The van der Waals surface area contributed by atoms with E-state index in [1.807, 2.05) is 12.1 Å². The van der Waals surface area contributed by atoms with Crippen molar-refractivity contribution < 1.29 is 19.1 Å². The molecular formula is C21H23N3O4. The molecule has 1 aromatic heterocycles. The van der Waals surface area contributed by atoms with Gasteiger partial charge in [0.25, 0.3) is 5.91 Å². The molecule has 0 saturated carbocycles. The summed E-state index contributed by atoms with van der Waals surface area (Å²) in [6.45, 7) is 3.58. The maximum atomic E-state index is 12.8. The van der Waals surface area contributed by atoms with Crippen LogP contribution >= 0.6 is 0 Å². The maximum Gasteiger partial charge on any atom is 0.308 e. The number of carbonyl (C=O) groups excluding carboxylic acids is 2. The van der Waals surface area contributed by atoms with Crippen molar-refractivity contribution in [2.45, 2.75) is 32.4 Å². The smallest absolute Gasteiger partial charge is 0.308 e. The maximum absolute atomic E-state index is 12.8. The molecule has 1 heterocycles. The molecule has 1 amide bonds. The zero-order valence-corrected chi connectivity index (χ0v) is 16.1. The summed E-state index contributed by atoms with van der Waals surface area (Å²) in [4.78, 5) is 32.1. The minimum absolute atomic E-state index is 0.0303. The predicted molar refractivity (Wildman–Crippen MR) is 105 cm³/mol. The third-order valence-electron chi connectivity index (χ3n) is 4.24. The van der Waals surface area contributed by atoms with Crippen molar-refractivity contribution in [3.05, 3.63) is 59.9 Å². The highest BCUT2D eigenvalue weighted by Crippen LogP contribution is 2.22. The molecule has 0 aliphatic carbocycles. The number of nitrogens with zero attached hydrogens (tertiary/aromatic N) is 1. The molecule has 3 rings (SSSR count). The monoisotopic (exact) mass is 381 g/mol. The number of benzene rings is 2. The van der Waals surface area contributed by atoms with Gasteiger partial charge in [0.2, 0.25) is 0 Å². The molecular weight excluding hydrogens is 358 g/mol. The molecule has 0 aliphatic rings. The number of aromatic nitrogens is 2. The first-order valence-electron chi connectivity index (χ1n) is 9.03. The minimum atomic E-state index is -0.526. The highest BCUT2D eigenvalue weighted by Gasteiger charge is 2.21. The van der Waals surface area contributed by atoms with Gasteiger partial charge in [-0.3, -0.25) is 9.59 Å². The first-order valence-corrected chi connectivity index (χ1v) is 9.03. The zero-order chi connectivity index (χ0) is 20.1. The molecule has 0 fully saturated rings. The predicted octanol–water partition coefficient (Wildman–Crippen LogP) is 3.38. The minimum Gasteiger partial charge on any atom is -0.497 e. The molecule has 7 heteroatoms. The van der Waals surface area contributed by atoms with Gasteiger partial charge in [0.1, 0.15) is 5.75 Å². The molecule has 0 spiro atoms. The van der Waals surface area contributed by atoms with E-state index >= 15 is 0 Å². The number of rotatable bonds is 7. The fourth-order valence-corrected chi connectivity index (χ4v) is 2.88. The number of aromatic amines is 1. The van der Waals surface area contributed by atoms with Gasteiger partial charge in [0.15, 0.2) is 0 Å². The number of hydrogen-bond acceptors (Lipinski definition) is 5. The fraction of sp³-hybridized carbons (Fsp3) is 0.286. The van der Waals surface area contributed by atoms with E-state index in [0.29, 0.717) is 11.3 Å². The van der Waals surface area contributed by atoms with Crippen LogP contribution in [0, 0.1) is 0 Å². The number of H-pyrrole nitrogens is 1. The number of ether oxygens (including phenoxy) is 2. The van der Waals surface area contributed by atoms with E-state index < -0.39 is 6.04 Å². The summed E-state index contributed by atoms with van der Waals surface area (Å²) < 4.78 is 10.4. The number of esters is 1. The molecule has 1 atom stereocenters. The third kappa shape index (κ3) is 4.68. The van der Waals surface area contributed by atoms with E-state index in [-0.39, 0.29) is 24.4 Å². The molecule has 146 valence electrons. The van der Waals surface area contributed by atoms with Crippen molar-refractivity contribution in [2.24, 2.45) is 0 Å². The number of nitrogens with one attached hydrogen (secondary N) is 2. The van der Waals surface area contributed by atoms with Crippen molar-refractivity contribution in [2.75, 3.05) is 7.11 Å². The molecule has 0 saturated heterocycles. The standard InChI is InChI=1S/C21H23N3O4/c1-13(2)28-20(25)11-18(14-4-7-16(27-3)8-5-14)24-21(26)15-6-9-17-19(10-15)23-12-22-17/h4-10,12-13,18H,11H2,1-3H3,(H,22,23)(H,24,26)/t18-/m0/s1. The van der Waals surface area contributed by atoms with Gasteiger partial charge in [-0.05, 0) is 49.7 Å². The lowest BCUT2D eigenvalue weighted by Gasteiger charge is -2.20. The number of carbonyl (C=O) groups is 2. The van der Waals surface area contributed by atoms with Gasteiger partial charge in [-0.2, -0.15) is 0 Å². The lowest BCUT2D eigenvalue weighted by Crippen LogP contribution is -2.31. The highest BCUT2D eigenvalue weighted by atomic mass is 16.5. The Morgan fingerprint density at radius 2 is 1.89 bits per heavy atom. The van der Waals surface area contributed by atoms with Gasteiger partial charge in [-0.25, -0.2) is 4.98 Å². The lowest BCUT2D eigenvalue weighted by molar-refractivity contribution is -0.147. The van der Waals surface area contributed by atoms with Crippen molar-refractivity contribution in [1.29, 1.82) is 0 Å². The molecule has 2 aromatic carbocycles. The van der Waals surface area contributed by atoms with E-state index in [0.717, 1.165) is 16.6 Å². The van der Waals surface area contributed by atoms with Crippen LogP contribution in [-0.2, 0) is 9.53 Å². The summed E-state index contributed by atoms with van der Waals surface area (Å²) >= 11 is 0. The Labute approximate surface area is 163 Å². The number of hydrogen-bond donors (Lipinski definition) is 2. The van der Waals surface area contributed by atoms with Crippen LogP contribution in [0.25, 0.3) is 11.0 Å². The Morgan fingerprint density at radius 3 is 2.57 bits per heavy atom. The normalized spacial score (nSPS) is 12.0. The van der Waals surface area contributed by atoms with Gasteiger partial charge in [0, 0.05) is 5.56 Å². The van der Waals surface area contributed by atoms with Gasteiger partial charge < -0.3 is 19.8 Å². The molecule has 7 nitrogen and oxygen atoms in total. The summed E-state index contributed by atoms with van der Waals surface area (Å²) in [5, 5.41) is 2.93. The van der Waals surface area contributed by atoms with Crippen molar-refractivity contribution in [1.82, 2.24) is 15.3 Å². The van der Waals surface area contributed by atoms with Crippen LogP contribution in [0.4, 0.5) is 0 Å². The molecule has 0 unspecified atom stereocenters. The molecule has 0 bridgehead atoms. The Hall–Kier alpha value is -3.35. The van der Waals surface area contributed by atoms with Crippen LogP contribution in [0.15, 0.2) is 48.8 Å². The van der Waals surface area contributed by atoms with Crippen LogP contribution < -0.4 is 10.1 Å². The quantitative estimate of drug-likeness (QED) is 0.612. The van der Waals surface area contributed by atoms with E-state index in [4.69, 9.17) is 9.47 Å². The van der Waals surface area contributed by atoms with Crippen molar-refractivity contribution >= 4 is 22.9 Å². The van der Waals surface area contributed by atoms with Crippen LogP contribution in [-0.4, -0.2) is 35.1 Å².